The fourth-order valence-corrected chi connectivity index (χ4v) is 3.35. The molecule has 1 atom stereocenters. The summed E-state index contributed by atoms with van der Waals surface area (Å²) in [7, 11) is 1.81. The molecule has 1 aliphatic heterocycles. The van der Waals surface area contributed by atoms with Crippen LogP contribution in [0.5, 0.6) is 5.75 Å². The number of ether oxygens (including phenoxy) is 2. The van der Waals surface area contributed by atoms with Gasteiger partial charge in [0.2, 0.25) is 0 Å². The minimum absolute atomic E-state index is 0.0183. The number of hydrogen-bond donors (Lipinski definition) is 1. The number of fused-ring (bicyclic) bond motifs is 1. The summed E-state index contributed by atoms with van der Waals surface area (Å²) >= 11 is 0. The van der Waals surface area contributed by atoms with Crippen LogP contribution in [0.4, 0.5) is 0 Å². The van der Waals surface area contributed by atoms with E-state index in [1.54, 1.807) is 0 Å². The van der Waals surface area contributed by atoms with E-state index in [1.807, 2.05) is 7.11 Å². The summed E-state index contributed by atoms with van der Waals surface area (Å²) in [6, 6.07) is 6.44. The highest BCUT2D eigenvalue weighted by atomic mass is 16.5. The minimum atomic E-state index is 0.0183. The van der Waals surface area contributed by atoms with Gasteiger partial charge in [-0.3, -0.25) is 0 Å². The molecule has 3 rings (SSSR count). The van der Waals surface area contributed by atoms with Crippen LogP contribution in [-0.2, 0) is 10.2 Å². The van der Waals surface area contributed by atoms with Crippen LogP contribution in [0.2, 0.25) is 0 Å². The van der Waals surface area contributed by atoms with E-state index < -0.39 is 0 Å². The Morgan fingerprint density at radius 3 is 2.70 bits per heavy atom. The van der Waals surface area contributed by atoms with Crippen molar-refractivity contribution in [2.45, 2.75) is 56.6 Å². The minimum Gasteiger partial charge on any atom is -0.492 e. The Balaban J connectivity index is 1.81. The Hall–Kier alpha value is -1.06. The number of nitrogens with two attached hydrogens (primary N) is 1. The van der Waals surface area contributed by atoms with Gasteiger partial charge in [-0.05, 0) is 43.4 Å². The number of hydrogen-bond acceptors (Lipinski definition) is 3. The lowest BCUT2D eigenvalue weighted by Gasteiger charge is -2.42. The maximum absolute atomic E-state index is 6.43. The molecule has 1 aromatic rings. The van der Waals surface area contributed by atoms with Crippen LogP contribution in [0.25, 0.3) is 0 Å². The summed E-state index contributed by atoms with van der Waals surface area (Å²) in [5, 5.41) is 0. The standard InChI is InChI=1S/C17H25NO2/c1-16(2)11-20-15-6-5-12(9-13(15)16)14(18)10-17(19-3)7-4-8-17/h5-6,9,14H,4,7-8,10-11,18H2,1-3H3. The van der Waals surface area contributed by atoms with Crippen molar-refractivity contribution in [1.82, 2.24) is 0 Å². The fourth-order valence-electron chi connectivity index (χ4n) is 3.35. The predicted molar refractivity (Wildman–Crippen MR) is 80.1 cm³/mol. The molecule has 3 heteroatoms. The fraction of sp³-hybridized carbons (Fsp3) is 0.647. The van der Waals surface area contributed by atoms with Gasteiger partial charge in [0.05, 0.1) is 12.2 Å². The van der Waals surface area contributed by atoms with Crippen molar-refractivity contribution in [2.24, 2.45) is 5.73 Å². The van der Waals surface area contributed by atoms with Gasteiger partial charge in [-0.25, -0.2) is 0 Å². The largest absolute Gasteiger partial charge is 0.492 e. The quantitative estimate of drug-likeness (QED) is 0.916. The van der Waals surface area contributed by atoms with Crippen LogP contribution >= 0.6 is 0 Å². The molecule has 0 amide bonds. The summed E-state index contributed by atoms with van der Waals surface area (Å²) < 4.78 is 11.4. The van der Waals surface area contributed by atoms with Gasteiger partial charge < -0.3 is 15.2 Å². The Morgan fingerprint density at radius 2 is 2.10 bits per heavy atom. The second-order valence-corrected chi connectivity index (χ2v) is 6.98. The Morgan fingerprint density at radius 1 is 1.35 bits per heavy atom. The third-order valence-corrected chi connectivity index (χ3v) is 5.04. The van der Waals surface area contributed by atoms with E-state index in [2.05, 4.69) is 32.0 Å². The molecule has 0 spiro atoms. The van der Waals surface area contributed by atoms with Gasteiger partial charge >= 0.3 is 0 Å². The van der Waals surface area contributed by atoms with E-state index in [0.717, 1.165) is 31.6 Å². The van der Waals surface area contributed by atoms with Crippen LogP contribution in [0, 0.1) is 0 Å². The van der Waals surface area contributed by atoms with Gasteiger partial charge in [0.1, 0.15) is 5.75 Å². The summed E-state index contributed by atoms with van der Waals surface area (Å²) in [5.74, 6) is 1.01. The molecule has 1 fully saturated rings. The van der Waals surface area contributed by atoms with Crippen molar-refractivity contribution < 1.29 is 9.47 Å². The molecule has 20 heavy (non-hydrogen) atoms. The molecule has 1 aromatic carbocycles. The molecule has 2 aliphatic rings. The van der Waals surface area contributed by atoms with Gasteiger partial charge in [0.15, 0.2) is 0 Å². The SMILES string of the molecule is COC1(CC(N)c2ccc3c(c2)C(C)(C)CO3)CCC1. The molecule has 1 aliphatic carbocycles. The highest BCUT2D eigenvalue weighted by Gasteiger charge is 2.39. The molecule has 0 bridgehead atoms. The van der Waals surface area contributed by atoms with Crippen molar-refractivity contribution in [3.05, 3.63) is 29.3 Å². The second kappa shape index (κ2) is 4.74. The van der Waals surface area contributed by atoms with Crippen LogP contribution in [-0.4, -0.2) is 19.3 Å². The Labute approximate surface area is 121 Å². The summed E-state index contributed by atoms with van der Waals surface area (Å²) in [6.45, 7) is 5.19. The van der Waals surface area contributed by atoms with Crippen molar-refractivity contribution in [3.8, 4) is 5.75 Å². The lowest BCUT2D eigenvalue weighted by Crippen LogP contribution is -2.41. The summed E-state index contributed by atoms with van der Waals surface area (Å²) in [4.78, 5) is 0. The normalized spacial score (nSPS) is 23.6. The van der Waals surface area contributed by atoms with E-state index in [0.29, 0.717) is 0 Å². The molecular weight excluding hydrogens is 250 g/mol. The predicted octanol–water partition coefficient (Wildman–Crippen LogP) is 3.32. The number of benzene rings is 1. The molecule has 0 saturated heterocycles. The van der Waals surface area contributed by atoms with E-state index in [9.17, 15) is 0 Å². The Kier molecular flexibility index (Phi) is 3.30. The van der Waals surface area contributed by atoms with Crippen molar-refractivity contribution in [2.75, 3.05) is 13.7 Å². The van der Waals surface area contributed by atoms with Crippen LogP contribution in [0.15, 0.2) is 18.2 Å². The summed E-state index contributed by atoms with van der Waals surface area (Å²) in [6.07, 6.45) is 4.43. The molecule has 1 saturated carbocycles. The zero-order valence-corrected chi connectivity index (χ0v) is 12.7. The average molecular weight is 275 g/mol. The average Bonchev–Trinajstić information content (AvgIpc) is 2.69. The highest BCUT2D eigenvalue weighted by molar-refractivity contribution is 5.45. The highest BCUT2D eigenvalue weighted by Crippen LogP contribution is 2.43. The monoisotopic (exact) mass is 275 g/mol. The molecule has 2 N–H and O–H groups in total. The van der Waals surface area contributed by atoms with E-state index >= 15 is 0 Å². The third-order valence-electron chi connectivity index (χ3n) is 5.04. The second-order valence-electron chi connectivity index (χ2n) is 6.98. The third kappa shape index (κ3) is 2.23. The lowest BCUT2D eigenvalue weighted by molar-refractivity contribution is -0.0817. The first-order valence-electron chi connectivity index (χ1n) is 7.54. The van der Waals surface area contributed by atoms with E-state index in [1.165, 1.54) is 17.5 Å². The van der Waals surface area contributed by atoms with Crippen LogP contribution < -0.4 is 10.5 Å². The smallest absolute Gasteiger partial charge is 0.123 e. The first-order chi connectivity index (χ1) is 9.46. The van der Waals surface area contributed by atoms with Gasteiger partial charge in [-0.1, -0.05) is 19.9 Å². The first kappa shape index (κ1) is 13.9. The zero-order valence-electron chi connectivity index (χ0n) is 12.7. The van der Waals surface area contributed by atoms with Crippen molar-refractivity contribution >= 4 is 0 Å². The molecule has 0 aromatic heterocycles. The van der Waals surface area contributed by atoms with Crippen molar-refractivity contribution in [3.63, 3.8) is 0 Å². The topological polar surface area (TPSA) is 44.5 Å². The number of rotatable bonds is 4. The van der Waals surface area contributed by atoms with Gasteiger partial charge in [0.25, 0.3) is 0 Å². The number of methoxy groups -OCH3 is 1. The maximum Gasteiger partial charge on any atom is 0.123 e. The summed E-state index contributed by atoms with van der Waals surface area (Å²) in [5.41, 5.74) is 9.01. The molecule has 110 valence electrons. The molecule has 0 radical (unpaired) electrons. The lowest BCUT2D eigenvalue weighted by atomic mass is 9.74. The van der Waals surface area contributed by atoms with Crippen LogP contribution in [0.1, 0.15) is 56.7 Å². The van der Waals surface area contributed by atoms with Gasteiger partial charge in [-0.2, -0.15) is 0 Å². The van der Waals surface area contributed by atoms with Gasteiger partial charge in [-0.15, -0.1) is 0 Å². The molecule has 1 heterocycles. The molecule has 1 unspecified atom stereocenters. The van der Waals surface area contributed by atoms with Crippen LogP contribution in [0.3, 0.4) is 0 Å². The van der Waals surface area contributed by atoms with E-state index in [4.69, 9.17) is 15.2 Å². The van der Waals surface area contributed by atoms with Gasteiger partial charge in [0, 0.05) is 24.1 Å². The van der Waals surface area contributed by atoms with E-state index in [-0.39, 0.29) is 17.1 Å². The zero-order chi connectivity index (χ0) is 14.4. The van der Waals surface area contributed by atoms with Crippen molar-refractivity contribution in [1.29, 1.82) is 0 Å². The Bertz CT molecular complexity index is 500. The molecule has 3 nitrogen and oxygen atoms in total. The molecular formula is C17H25NO2. The first-order valence-corrected chi connectivity index (χ1v) is 7.54. The maximum atomic E-state index is 6.43.